The van der Waals surface area contributed by atoms with Crippen LogP contribution in [0.1, 0.15) is 39.2 Å². The molecular weight excluding hydrogens is 527 g/mol. The van der Waals surface area contributed by atoms with Crippen LogP contribution in [0, 0.1) is 17.2 Å². The van der Waals surface area contributed by atoms with Gasteiger partial charge in [-0.3, -0.25) is 4.79 Å². The molecule has 0 amide bonds. The minimum absolute atomic E-state index is 0.0405. The molecule has 0 radical (unpaired) electrons. The van der Waals surface area contributed by atoms with Crippen molar-refractivity contribution in [3.63, 3.8) is 0 Å². The van der Waals surface area contributed by atoms with E-state index in [1.54, 1.807) is 0 Å². The molecule has 2 aromatic rings. The Hall–Kier alpha value is -2.63. The summed E-state index contributed by atoms with van der Waals surface area (Å²) in [5.74, 6) is -6.62. The summed E-state index contributed by atoms with van der Waals surface area (Å²) in [6.07, 6.45) is -5.79. The first-order chi connectivity index (χ1) is 17.0. The lowest BCUT2D eigenvalue weighted by Crippen LogP contribution is -2.31. The lowest BCUT2D eigenvalue weighted by Gasteiger charge is -2.29. The predicted octanol–water partition coefficient (Wildman–Crippen LogP) is 7.93. The Morgan fingerprint density at radius 3 is 2.27 bits per heavy atom. The van der Waals surface area contributed by atoms with Gasteiger partial charge in [0.25, 0.3) is 0 Å². The van der Waals surface area contributed by atoms with Gasteiger partial charge in [-0.15, -0.1) is 0 Å². The number of benzene rings is 2. The number of fused-ring (bicyclic) bond motifs is 1. The van der Waals surface area contributed by atoms with Gasteiger partial charge in [0.2, 0.25) is 5.92 Å². The van der Waals surface area contributed by atoms with Crippen molar-refractivity contribution in [2.75, 3.05) is 18.1 Å². The maximum absolute atomic E-state index is 15.4. The molecule has 0 aliphatic carbocycles. The standard InChI is InChI=1S/C25H26F7NO3S/c1-23(2,22(34)35)13-36-19-11-20-18(10-17(19)25(30,31)32)33(16-6-4-15(26)5-7-16)12-14(21(27)37-20)8-9-24(3,28)29/h4-7,10-11,14,21H,8-9,12-13H2,1-3H3,(H,34,35). The average Bonchev–Trinajstić information content (AvgIpc) is 2.90. The molecule has 0 bridgehead atoms. The number of hydrogen-bond donors (Lipinski definition) is 1. The van der Waals surface area contributed by atoms with Gasteiger partial charge in [0.15, 0.2) is 5.50 Å². The Kier molecular flexibility index (Phi) is 8.31. The van der Waals surface area contributed by atoms with Crippen LogP contribution in [0.5, 0.6) is 5.75 Å². The normalized spacial score (nSPS) is 18.8. The number of halogens is 7. The number of ether oxygens (including phenoxy) is 1. The zero-order chi connectivity index (χ0) is 27.8. The van der Waals surface area contributed by atoms with E-state index in [1.807, 2.05) is 0 Å². The minimum atomic E-state index is -4.91. The van der Waals surface area contributed by atoms with Gasteiger partial charge in [0.1, 0.15) is 18.2 Å². The van der Waals surface area contributed by atoms with E-state index in [1.165, 1.54) is 30.9 Å². The van der Waals surface area contributed by atoms with E-state index >= 15 is 4.39 Å². The zero-order valence-corrected chi connectivity index (χ0v) is 21.0. The van der Waals surface area contributed by atoms with Crippen LogP contribution in [-0.2, 0) is 11.0 Å². The number of alkyl halides is 6. The van der Waals surface area contributed by atoms with Gasteiger partial charge in [-0.1, -0.05) is 11.8 Å². The molecule has 12 heteroatoms. The minimum Gasteiger partial charge on any atom is -0.492 e. The van der Waals surface area contributed by atoms with Crippen molar-refractivity contribution >= 4 is 29.1 Å². The molecule has 1 N–H and O–H groups in total. The lowest BCUT2D eigenvalue weighted by molar-refractivity contribution is -0.148. The van der Waals surface area contributed by atoms with E-state index < -0.39 is 65.1 Å². The summed E-state index contributed by atoms with van der Waals surface area (Å²) in [5.41, 5.74) is -4.27. The Morgan fingerprint density at radius 1 is 1.11 bits per heavy atom. The summed E-state index contributed by atoms with van der Waals surface area (Å²) >= 11 is 0.575. The molecule has 1 heterocycles. The number of rotatable bonds is 8. The van der Waals surface area contributed by atoms with Crippen molar-refractivity contribution in [2.45, 2.75) is 56.1 Å². The summed E-state index contributed by atoms with van der Waals surface area (Å²) in [6, 6.07) is 6.54. The van der Waals surface area contributed by atoms with Gasteiger partial charge in [0, 0.05) is 29.5 Å². The van der Waals surface area contributed by atoms with Crippen molar-refractivity contribution in [1.82, 2.24) is 0 Å². The lowest BCUT2D eigenvalue weighted by atomic mass is 9.95. The second-order valence-electron chi connectivity index (χ2n) is 9.72. The van der Waals surface area contributed by atoms with Crippen LogP contribution in [-0.4, -0.2) is 35.7 Å². The Morgan fingerprint density at radius 2 is 1.73 bits per heavy atom. The molecule has 3 rings (SSSR count). The highest BCUT2D eigenvalue weighted by atomic mass is 32.2. The Labute approximate surface area is 213 Å². The fourth-order valence-electron chi connectivity index (χ4n) is 3.68. The van der Waals surface area contributed by atoms with E-state index in [0.717, 1.165) is 24.3 Å². The Bertz CT molecular complexity index is 1120. The molecule has 4 nitrogen and oxygen atoms in total. The number of nitrogens with zero attached hydrogens (tertiary/aromatic N) is 1. The maximum atomic E-state index is 15.4. The molecule has 0 spiro atoms. The maximum Gasteiger partial charge on any atom is 0.420 e. The molecular formula is C25H26F7NO3S. The van der Waals surface area contributed by atoms with Gasteiger partial charge in [-0.2, -0.15) is 13.2 Å². The first-order valence-electron chi connectivity index (χ1n) is 11.3. The zero-order valence-electron chi connectivity index (χ0n) is 20.2. The van der Waals surface area contributed by atoms with Crippen LogP contribution in [0.3, 0.4) is 0 Å². The summed E-state index contributed by atoms with van der Waals surface area (Å²) in [4.78, 5) is 12.8. The van der Waals surface area contributed by atoms with Gasteiger partial charge in [-0.05, 0) is 63.6 Å². The van der Waals surface area contributed by atoms with Gasteiger partial charge in [-0.25, -0.2) is 17.6 Å². The summed E-state index contributed by atoms with van der Waals surface area (Å²) in [7, 11) is 0. The van der Waals surface area contributed by atoms with Crippen LogP contribution in [0.25, 0.3) is 0 Å². The van der Waals surface area contributed by atoms with Gasteiger partial charge < -0.3 is 14.7 Å². The highest BCUT2D eigenvalue weighted by molar-refractivity contribution is 8.00. The second kappa shape index (κ2) is 10.6. The quantitative estimate of drug-likeness (QED) is 0.337. The summed E-state index contributed by atoms with van der Waals surface area (Å²) in [5, 5.41) is 9.29. The summed E-state index contributed by atoms with van der Waals surface area (Å²) in [6.45, 7) is 2.44. The van der Waals surface area contributed by atoms with E-state index in [2.05, 4.69) is 0 Å². The molecule has 1 aliphatic heterocycles. The van der Waals surface area contributed by atoms with Crippen LogP contribution >= 0.6 is 11.8 Å². The number of carbonyl (C=O) groups is 1. The van der Waals surface area contributed by atoms with E-state index in [0.29, 0.717) is 18.7 Å². The Balaban J connectivity index is 2.12. The fraction of sp³-hybridized carbons (Fsp3) is 0.480. The van der Waals surface area contributed by atoms with E-state index in [9.17, 15) is 36.2 Å². The third kappa shape index (κ3) is 7.24. The second-order valence-corrected chi connectivity index (χ2v) is 10.8. The number of anilines is 2. The van der Waals surface area contributed by atoms with E-state index in [-0.39, 0.29) is 29.2 Å². The van der Waals surface area contributed by atoms with Crippen molar-refractivity contribution in [2.24, 2.45) is 11.3 Å². The molecule has 1 aliphatic rings. The number of thioether (sulfide) groups is 1. The number of aliphatic carboxylic acids is 1. The molecule has 37 heavy (non-hydrogen) atoms. The smallest absolute Gasteiger partial charge is 0.420 e. The van der Waals surface area contributed by atoms with Crippen molar-refractivity contribution in [3.8, 4) is 5.75 Å². The molecule has 0 fully saturated rings. The van der Waals surface area contributed by atoms with Crippen LogP contribution in [0.2, 0.25) is 0 Å². The van der Waals surface area contributed by atoms with Crippen molar-refractivity contribution in [1.29, 1.82) is 0 Å². The average molecular weight is 554 g/mol. The topological polar surface area (TPSA) is 49.8 Å². The molecule has 2 unspecified atom stereocenters. The number of carboxylic acids is 1. The monoisotopic (exact) mass is 553 g/mol. The highest BCUT2D eigenvalue weighted by Crippen LogP contribution is 2.50. The molecule has 0 saturated heterocycles. The van der Waals surface area contributed by atoms with Crippen molar-refractivity contribution < 1.29 is 45.4 Å². The first kappa shape index (κ1) is 28.9. The van der Waals surface area contributed by atoms with Crippen LogP contribution in [0.15, 0.2) is 41.3 Å². The molecule has 204 valence electrons. The largest absolute Gasteiger partial charge is 0.492 e. The summed E-state index contributed by atoms with van der Waals surface area (Å²) < 4.78 is 103. The molecule has 2 atom stereocenters. The fourth-order valence-corrected chi connectivity index (χ4v) is 4.80. The molecule has 2 aromatic carbocycles. The van der Waals surface area contributed by atoms with Crippen molar-refractivity contribution in [3.05, 3.63) is 47.8 Å². The third-order valence-electron chi connectivity index (χ3n) is 5.94. The van der Waals surface area contributed by atoms with Gasteiger partial charge in [0.05, 0.1) is 16.7 Å². The van der Waals surface area contributed by atoms with Crippen LogP contribution < -0.4 is 9.64 Å². The predicted molar refractivity (Wildman–Crippen MR) is 126 cm³/mol. The SMILES string of the molecule is CC(F)(F)CCC1CN(c2ccc(F)cc2)c2cc(C(F)(F)F)c(OCC(C)(C)C(=O)O)cc2SC1F. The first-order valence-corrected chi connectivity index (χ1v) is 12.2. The third-order valence-corrected chi connectivity index (χ3v) is 7.14. The highest BCUT2D eigenvalue weighted by Gasteiger charge is 2.40. The van der Waals surface area contributed by atoms with E-state index in [4.69, 9.17) is 4.74 Å². The number of carboxylic acid groups (broad SMARTS) is 1. The van der Waals surface area contributed by atoms with Crippen LogP contribution in [0.4, 0.5) is 42.1 Å². The number of hydrogen-bond acceptors (Lipinski definition) is 4. The van der Waals surface area contributed by atoms with Gasteiger partial charge >= 0.3 is 12.1 Å². The molecule has 0 aromatic heterocycles. The molecule has 0 saturated carbocycles.